The number of hydrogen-bond donors (Lipinski definition) is 1. The minimum absolute atomic E-state index is 0.346. The van der Waals surface area contributed by atoms with Crippen LogP contribution in [0.1, 0.15) is 41.6 Å². The highest BCUT2D eigenvalue weighted by atomic mass is 16.5. The number of carbonyl (C=O) groups is 1. The van der Waals surface area contributed by atoms with Crippen molar-refractivity contribution in [3.8, 4) is 5.75 Å². The molecule has 92 valence electrons. The number of ether oxygens (including phenoxy) is 1. The molecule has 1 aliphatic carbocycles. The van der Waals surface area contributed by atoms with E-state index in [4.69, 9.17) is 9.84 Å². The van der Waals surface area contributed by atoms with E-state index >= 15 is 0 Å². The molecule has 0 heterocycles. The zero-order valence-corrected chi connectivity index (χ0v) is 10.1. The zero-order chi connectivity index (χ0) is 12.3. The molecule has 0 amide bonds. The summed E-state index contributed by atoms with van der Waals surface area (Å²) in [5, 5.41) is 8.92. The number of aromatic carboxylic acids is 1. The van der Waals surface area contributed by atoms with Crippen LogP contribution in [0.2, 0.25) is 0 Å². The number of hydrogen-bond acceptors (Lipinski definition) is 2. The summed E-state index contributed by atoms with van der Waals surface area (Å²) in [6.07, 6.45) is 5.13. The average Bonchev–Trinajstić information content (AvgIpc) is 2.78. The molecule has 1 aromatic rings. The van der Waals surface area contributed by atoms with Crippen LogP contribution in [0.25, 0.3) is 0 Å². The minimum Gasteiger partial charge on any atom is -0.493 e. The Balaban J connectivity index is 1.97. The maximum Gasteiger partial charge on any atom is 0.335 e. The first-order valence-corrected chi connectivity index (χ1v) is 6.13. The van der Waals surface area contributed by atoms with Gasteiger partial charge in [0, 0.05) is 0 Å². The van der Waals surface area contributed by atoms with Crippen LogP contribution in [-0.4, -0.2) is 17.7 Å². The lowest BCUT2D eigenvalue weighted by Crippen LogP contribution is -2.08. The minimum atomic E-state index is -0.884. The van der Waals surface area contributed by atoms with Gasteiger partial charge in [-0.15, -0.1) is 0 Å². The third-order valence-electron chi connectivity index (χ3n) is 3.39. The van der Waals surface area contributed by atoms with E-state index in [1.807, 2.05) is 0 Å². The first-order valence-electron chi connectivity index (χ1n) is 6.13. The van der Waals surface area contributed by atoms with Gasteiger partial charge in [-0.1, -0.05) is 12.8 Å². The van der Waals surface area contributed by atoms with Crippen molar-refractivity contribution in [3.05, 3.63) is 29.3 Å². The molecule has 0 unspecified atom stereocenters. The second kappa shape index (κ2) is 5.21. The predicted molar refractivity (Wildman–Crippen MR) is 65.6 cm³/mol. The lowest BCUT2D eigenvalue weighted by molar-refractivity contribution is 0.0696. The molecular weight excluding hydrogens is 216 g/mol. The smallest absolute Gasteiger partial charge is 0.335 e. The Morgan fingerprint density at radius 1 is 1.41 bits per heavy atom. The first kappa shape index (κ1) is 12.0. The highest BCUT2D eigenvalue weighted by Crippen LogP contribution is 2.26. The Bertz CT molecular complexity index is 406. The molecule has 0 radical (unpaired) electrons. The maximum atomic E-state index is 10.9. The van der Waals surface area contributed by atoms with Crippen LogP contribution < -0.4 is 4.74 Å². The topological polar surface area (TPSA) is 46.5 Å². The number of benzene rings is 1. The van der Waals surface area contributed by atoms with E-state index in [0.29, 0.717) is 11.5 Å². The average molecular weight is 234 g/mol. The molecule has 0 spiro atoms. The van der Waals surface area contributed by atoms with Crippen molar-refractivity contribution < 1.29 is 14.6 Å². The van der Waals surface area contributed by atoms with E-state index < -0.39 is 5.97 Å². The van der Waals surface area contributed by atoms with Gasteiger partial charge in [0.05, 0.1) is 12.2 Å². The van der Waals surface area contributed by atoms with Crippen molar-refractivity contribution in [1.82, 2.24) is 0 Å². The molecule has 1 aromatic carbocycles. The standard InChI is InChI=1S/C14H18O3/c1-10-8-12(6-7-13(10)14(15)16)17-9-11-4-2-3-5-11/h6-8,11H,2-5,9H2,1H3,(H,15,16). The van der Waals surface area contributed by atoms with Gasteiger partial charge in [-0.05, 0) is 49.4 Å². The highest BCUT2D eigenvalue weighted by molar-refractivity contribution is 5.89. The summed E-state index contributed by atoms with van der Waals surface area (Å²) >= 11 is 0. The second-order valence-corrected chi connectivity index (χ2v) is 4.74. The van der Waals surface area contributed by atoms with Crippen molar-refractivity contribution in [3.63, 3.8) is 0 Å². The van der Waals surface area contributed by atoms with Crippen LogP contribution in [0, 0.1) is 12.8 Å². The largest absolute Gasteiger partial charge is 0.493 e. The van der Waals surface area contributed by atoms with Gasteiger partial charge in [0.1, 0.15) is 5.75 Å². The van der Waals surface area contributed by atoms with Gasteiger partial charge in [0.25, 0.3) is 0 Å². The van der Waals surface area contributed by atoms with Crippen molar-refractivity contribution in [2.24, 2.45) is 5.92 Å². The molecule has 0 bridgehead atoms. The Kier molecular flexibility index (Phi) is 3.67. The first-order chi connectivity index (χ1) is 8.16. The summed E-state index contributed by atoms with van der Waals surface area (Å²) in [5.41, 5.74) is 1.10. The lowest BCUT2D eigenvalue weighted by Gasteiger charge is -2.12. The molecule has 17 heavy (non-hydrogen) atoms. The summed E-state index contributed by atoms with van der Waals surface area (Å²) in [7, 11) is 0. The van der Waals surface area contributed by atoms with Crippen molar-refractivity contribution in [2.75, 3.05) is 6.61 Å². The van der Waals surface area contributed by atoms with Crippen LogP contribution >= 0.6 is 0 Å². The highest BCUT2D eigenvalue weighted by Gasteiger charge is 2.15. The fraction of sp³-hybridized carbons (Fsp3) is 0.500. The van der Waals surface area contributed by atoms with E-state index in [2.05, 4.69) is 0 Å². The van der Waals surface area contributed by atoms with Crippen LogP contribution in [-0.2, 0) is 0 Å². The van der Waals surface area contributed by atoms with Gasteiger partial charge in [-0.2, -0.15) is 0 Å². The normalized spacial score (nSPS) is 16.1. The molecule has 1 saturated carbocycles. The molecule has 1 fully saturated rings. The molecule has 0 saturated heterocycles. The molecule has 3 heteroatoms. The summed E-state index contributed by atoms with van der Waals surface area (Å²) in [6.45, 7) is 2.55. The molecule has 0 atom stereocenters. The van der Waals surface area contributed by atoms with Gasteiger partial charge in [-0.25, -0.2) is 4.79 Å². The zero-order valence-electron chi connectivity index (χ0n) is 10.1. The van der Waals surface area contributed by atoms with Crippen molar-refractivity contribution in [1.29, 1.82) is 0 Å². The number of carboxylic acids is 1. The van der Waals surface area contributed by atoms with Gasteiger partial charge in [-0.3, -0.25) is 0 Å². The van der Waals surface area contributed by atoms with Gasteiger partial charge >= 0.3 is 5.97 Å². The van der Waals surface area contributed by atoms with E-state index in [0.717, 1.165) is 17.9 Å². The predicted octanol–water partition coefficient (Wildman–Crippen LogP) is 3.26. The fourth-order valence-electron chi connectivity index (χ4n) is 2.36. The molecule has 2 rings (SSSR count). The molecular formula is C14H18O3. The van der Waals surface area contributed by atoms with Gasteiger partial charge in [0.2, 0.25) is 0 Å². The number of rotatable bonds is 4. The van der Waals surface area contributed by atoms with Crippen LogP contribution in [0.3, 0.4) is 0 Å². The molecule has 0 aliphatic heterocycles. The van der Waals surface area contributed by atoms with Crippen LogP contribution in [0.4, 0.5) is 0 Å². The molecule has 0 aromatic heterocycles. The second-order valence-electron chi connectivity index (χ2n) is 4.74. The van der Waals surface area contributed by atoms with Gasteiger partial charge < -0.3 is 9.84 Å². The van der Waals surface area contributed by atoms with E-state index in [-0.39, 0.29) is 0 Å². The van der Waals surface area contributed by atoms with Gasteiger partial charge in [0.15, 0.2) is 0 Å². The molecule has 1 aliphatic rings. The summed E-state index contributed by atoms with van der Waals surface area (Å²) < 4.78 is 5.71. The van der Waals surface area contributed by atoms with Crippen LogP contribution in [0.15, 0.2) is 18.2 Å². The van der Waals surface area contributed by atoms with E-state index in [9.17, 15) is 4.79 Å². The maximum absolute atomic E-state index is 10.9. The molecule has 3 nitrogen and oxygen atoms in total. The Hall–Kier alpha value is -1.51. The van der Waals surface area contributed by atoms with Crippen molar-refractivity contribution in [2.45, 2.75) is 32.6 Å². The Labute approximate surface area is 101 Å². The Morgan fingerprint density at radius 2 is 2.12 bits per heavy atom. The number of aryl methyl sites for hydroxylation is 1. The fourth-order valence-corrected chi connectivity index (χ4v) is 2.36. The summed E-state index contributed by atoms with van der Waals surface area (Å²) in [5.74, 6) is 0.568. The monoisotopic (exact) mass is 234 g/mol. The quantitative estimate of drug-likeness (QED) is 0.869. The van der Waals surface area contributed by atoms with Crippen molar-refractivity contribution >= 4 is 5.97 Å². The molecule has 1 N–H and O–H groups in total. The SMILES string of the molecule is Cc1cc(OCC2CCCC2)ccc1C(=O)O. The third kappa shape index (κ3) is 2.99. The van der Waals surface area contributed by atoms with E-state index in [1.165, 1.54) is 25.7 Å². The summed E-state index contributed by atoms with van der Waals surface area (Å²) in [6, 6.07) is 5.16. The van der Waals surface area contributed by atoms with E-state index in [1.54, 1.807) is 25.1 Å². The third-order valence-corrected chi connectivity index (χ3v) is 3.39. The summed E-state index contributed by atoms with van der Waals surface area (Å²) in [4.78, 5) is 10.9. The Morgan fingerprint density at radius 3 is 2.71 bits per heavy atom. The number of carboxylic acid groups (broad SMARTS) is 1. The lowest BCUT2D eigenvalue weighted by atomic mass is 10.1. The van der Waals surface area contributed by atoms with Crippen LogP contribution in [0.5, 0.6) is 5.75 Å².